The Morgan fingerprint density at radius 2 is 1.96 bits per heavy atom. The lowest BCUT2D eigenvalue weighted by atomic mass is 10.1. The van der Waals surface area contributed by atoms with Crippen LogP contribution < -0.4 is 5.32 Å². The molecule has 0 spiro atoms. The number of pyridine rings is 1. The lowest BCUT2D eigenvalue weighted by Crippen LogP contribution is -2.12. The summed E-state index contributed by atoms with van der Waals surface area (Å²) < 4.78 is 43.7. The number of carbonyl (C=O) groups excluding carboxylic acids is 1. The molecule has 1 N–H and O–H groups in total. The Hall–Kier alpha value is -3.36. The highest BCUT2D eigenvalue weighted by molar-refractivity contribution is 5.96. The van der Waals surface area contributed by atoms with Gasteiger partial charge in [0.25, 0.3) is 0 Å². The van der Waals surface area contributed by atoms with Crippen LogP contribution in [0.1, 0.15) is 16.8 Å². The highest BCUT2D eigenvalue weighted by Gasteiger charge is 2.27. The number of nitrogens with zero attached hydrogens (tertiary/aromatic N) is 3. The van der Waals surface area contributed by atoms with Crippen LogP contribution in [0.4, 0.5) is 24.7 Å². The van der Waals surface area contributed by atoms with E-state index < -0.39 is 18.6 Å². The van der Waals surface area contributed by atoms with Crippen molar-refractivity contribution in [2.75, 3.05) is 12.4 Å². The van der Waals surface area contributed by atoms with Crippen molar-refractivity contribution in [1.82, 2.24) is 14.8 Å². The van der Waals surface area contributed by atoms with Crippen molar-refractivity contribution >= 4 is 17.5 Å². The van der Waals surface area contributed by atoms with Gasteiger partial charge in [0, 0.05) is 24.5 Å². The van der Waals surface area contributed by atoms with E-state index in [-0.39, 0.29) is 12.1 Å². The van der Waals surface area contributed by atoms with Crippen molar-refractivity contribution in [2.24, 2.45) is 0 Å². The summed E-state index contributed by atoms with van der Waals surface area (Å²) in [5, 5.41) is 7.23. The maximum absolute atomic E-state index is 12.6. The molecule has 0 aliphatic heterocycles. The summed E-state index contributed by atoms with van der Waals surface area (Å²) in [7, 11) is 1.26. The number of ether oxygens (including phenoxy) is 1. The first-order chi connectivity index (χ1) is 13.4. The van der Waals surface area contributed by atoms with Crippen molar-refractivity contribution < 1.29 is 22.7 Å². The summed E-state index contributed by atoms with van der Waals surface area (Å²) in [6.45, 7) is -0.318. The summed E-state index contributed by atoms with van der Waals surface area (Å²) in [4.78, 5) is 15.9. The maximum atomic E-state index is 12.6. The zero-order chi connectivity index (χ0) is 20.1. The van der Waals surface area contributed by atoms with Crippen LogP contribution in [0.2, 0.25) is 0 Å². The second-order valence-electron chi connectivity index (χ2n) is 5.92. The monoisotopic (exact) mass is 390 g/mol. The minimum atomic E-state index is -4.28. The molecule has 146 valence electrons. The van der Waals surface area contributed by atoms with E-state index in [1.807, 2.05) is 30.3 Å². The van der Waals surface area contributed by atoms with Crippen molar-refractivity contribution in [3.05, 3.63) is 60.6 Å². The molecule has 2 aromatic heterocycles. The van der Waals surface area contributed by atoms with Crippen molar-refractivity contribution in [2.45, 2.75) is 19.1 Å². The SMILES string of the molecule is COC(=O)c1ccncc1Nc1nn(CCC(F)(F)F)cc1-c1ccccc1. The average molecular weight is 390 g/mol. The Bertz CT molecular complexity index is 955. The number of hydrogen-bond donors (Lipinski definition) is 1. The van der Waals surface area contributed by atoms with Crippen LogP contribution in [0.3, 0.4) is 0 Å². The van der Waals surface area contributed by atoms with Gasteiger partial charge in [0.15, 0.2) is 5.82 Å². The van der Waals surface area contributed by atoms with Crippen LogP contribution >= 0.6 is 0 Å². The van der Waals surface area contributed by atoms with Crippen LogP contribution in [0.5, 0.6) is 0 Å². The van der Waals surface area contributed by atoms with Crippen LogP contribution in [-0.2, 0) is 11.3 Å². The minimum absolute atomic E-state index is 0.237. The first-order valence-corrected chi connectivity index (χ1v) is 8.36. The van der Waals surface area contributed by atoms with Gasteiger partial charge in [-0.2, -0.15) is 18.3 Å². The summed E-state index contributed by atoms with van der Waals surface area (Å²) in [5.74, 6) is -0.255. The fourth-order valence-corrected chi connectivity index (χ4v) is 2.61. The standard InChI is InChI=1S/C19H17F3N4O2/c1-28-18(27)14-7-9-23-11-16(14)24-17-15(13-5-3-2-4-6-13)12-26(25-17)10-8-19(20,21)22/h2-7,9,11-12H,8,10H2,1H3,(H,24,25). The van der Waals surface area contributed by atoms with E-state index in [1.54, 1.807) is 0 Å². The van der Waals surface area contributed by atoms with E-state index in [9.17, 15) is 18.0 Å². The molecule has 6 nitrogen and oxygen atoms in total. The van der Waals surface area contributed by atoms with Gasteiger partial charge in [0.2, 0.25) is 0 Å². The predicted octanol–water partition coefficient (Wildman–Crippen LogP) is 4.43. The summed E-state index contributed by atoms with van der Waals surface area (Å²) in [6.07, 6.45) is -0.874. The van der Waals surface area contributed by atoms with E-state index in [0.29, 0.717) is 17.1 Å². The third-order valence-electron chi connectivity index (χ3n) is 3.95. The number of hydrogen-bond acceptors (Lipinski definition) is 5. The number of methoxy groups -OCH3 is 1. The summed E-state index contributed by atoms with van der Waals surface area (Å²) >= 11 is 0. The van der Waals surface area contributed by atoms with Crippen LogP contribution in [0.15, 0.2) is 55.0 Å². The number of aromatic nitrogens is 3. The number of halogens is 3. The summed E-state index contributed by atoms with van der Waals surface area (Å²) in [6, 6.07) is 10.6. The fraction of sp³-hybridized carbons (Fsp3) is 0.211. The molecular formula is C19H17F3N4O2. The first kappa shape index (κ1) is 19.4. The van der Waals surface area contributed by atoms with Crippen LogP contribution in [0.25, 0.3) is 11.1 Å². The van der Waals surface area contributed by atoms with E-state index in [1.165, 1.54) is 36.4 Å². The molecule has 0 aliphatic carbocycles. The van der Waals surface area contributed by atoms with E-state index >= 15 is 0 Å². The molecular weight excluding hydrogens is 373 g/mol. The van der Waals surface area contributed by atoms with Gasteiger partial charge in [-0.25, -0.2) is 4.79 Å². The fourth-order valence-electron chi connectivity index (χ4n) is 2.61. The molecule has 2 heterocycles. The largest absolute Gasteiger partial charge is 0.465 e. The third-order valence-corrected chi connectivity index (χ3v) is 3.95. The molecule has 0 fully saturated rings. The Morgan fingerprint density at radius 1 is 1.21 bits per heavy atom. The molecule has 0 saturated heterocycles. The number of carbonyl (C=O) groups is 1. The van der Waals surface area contributed by atoms with E-state index in [4.69, 9.17) is 4.74 Å². The van der Waals surface area contributed by atoms with Gasteiger partial charge in [0.1, 0.15) is 0 Å². The zero-order valence-corrected chi connectivity index (χ0v) is 14.9. The molecule has 0 saturated carbocycles. The smallest absolute Gasteiger partial charge is 0.390 e. The molecule has 3 aromatic rings. The molecule has 0 bridgehead atoms. The Labute approximate surface area is 159 Å². The number of aryl methyl sites for hydroxylation is 1. The number of alkyl halides is 3. The second-order valence-corrected chi connectivity index (χ2v) is 5.92. The van der Waals surface area contributed by atoms with Crippen LogP contribution in [0, 0.1) is 0 Å². The lowest BCUT2D eigenvalue weighted by molar-refractivity contribution is -0.137. The topological polar surface area (TPSA) is 69.0 Å². The van der Waals surface area contributed by atoms with Gasteiger partial charge in [-0.15, -0.1) is 0 Å². The third kappa shape index (κ3) is 4.67. The van der Waals surface area contributed by atoms with Gasteiger partial charge < -0.3 is 10.1 Å². The van der Waals surface area contributed by atoms with E-state index in [2.05, 4.69) is 15.4 Å². The summed E-state index contributed by atoms with van der Waals surface area (Å²) in [5.41, 5.74) is 1.95. The Morgan fingerprint density at radius 3 is 2.64 bits per heavy atom. The quantitative estimate of drug-likeness (QED) is 0.631. The number of anilines is 2. The van der Waals surface area contributed by atoms with Crippen molar-refractivity contribution in [3.8, 4) is 11.1 Å². The maximum Gasteiger partial charge on any atom is 0.390 e. The molecule has 28 heavy (non-hydrogen) atoms. The highest BCUT2D eigenvalue weighted by Crippen LogP contribution is 2.31. The van der Waals surface area contributed by atoms with Gasteiger partial charge in [-0.3, -0.25) is 9.67 Å². The lowest BCUT2D eigenvalue weighted by Gasteiger charge is -2.10. The molecule has 0 aliphatic rings. The normalized spacial score (nSPS) is 11.3. The molecule has 9 heteroatoms. The molecule has 0 atom stereocenters. The average Bonchev–Trinajstić information content (AvgIpc) is 3.09. The van der Waals surface area contributed by atoms with Gasteiger partial charge >= 0.3 is 12.1 Å². The first-order valence-electron chi connectivity index (χ1n) is 8.36. The Kier molecular flexibility index (Phi) is 5.62. The number of benzene rings is 1. The van der Waals surface area contributed by atoms with Crippen LogP contribution in [-0.4, -0.2) is 34.0 Å². The highest BCUT2D eigenvalue weighted by atomic mass is 19.4. The molecule has 1 aromatic carbocycles. The Balaban J connectivity index is 1.98. The van der Waals surface area contributed by atoms with Gasteiger partial charge in [0.05, 0.1) is 31.0 Å². The number of rotatable bonds is 6. The number of esters is 1. The molecule has 0 radical (unpaired) electrons. The molecule has 3 rings (SSSR count). The minimum Gasteiger partial charge on any atom is -0.465 e. The van der Waals surface area contributed by atoms with E-state index in [0.717, 1.165) is 5.56 Å². The molecule has 0 unspecified atom stereocenters. The molecule has 0 amide bonds. The zero-order valence-electron chi connectivity index (χ0n) is 14.9. The van der Waals surface area contributed by atoms with Gasteiger partial charge in [-0.1, -0.05) is 30.3 Å². The van der Waals surface area contributed by atoms with Gasteiger partial charge in [-0.05, 0) is 11.6 Å². The number of nitrogens with one attached hydrogen (secondary N) is 1. The van der Waals surface area contributed by atoms with Crippen molar-refractivity contribution in [1.29, 1.82) is 0 Å². The van der Waals surface area contributed by atoms with Crippen molar-refractivity contribution in [3.63, 3.8) is 0 Å². The predicted molar refractivity (Wildman–Crippen MR) is 97.2 cm³/mol. The second kappa shape index (κ2) is 8.12.